The zero-order chi connectivity index (χ0) is 14.7. The molecule has 0 atom stereocenters. The minimum Gasteiger partial charge on any atom is -0.373 e. The molecule has 0 spiro atoms. The summed E-state index contributed by atoms with van der Waals surface area (Å²) in [5, 5.41) is 16.4. The highest BCUT2D eigenvalue weighted by molar-refractivity contribution is 6.33. The van der Waals surface area contributed by atoms with E-state index in [1.54, 1.807) is 7.05 Å². The Bertz CT molecular complexity index is 646. The third-order valence-corrected chi connectivity index (χ3v) is 2.85. The minimum absolute atomic E-state index is 0.0574. The Morgan fingerprint density at radius 3 is 2.70 bits per heavy atom. The van der Waals surface area contributed by atoms with E-state index in [9.17, 15) is 14.5 Å². The molecule has 0 bridgehead atoms. The number of halogens is 2. The molecular formula is C12H10ClFN4O2. The van der Waals surface area contributed by atoms with E-state index < -0.39 is 10.7 Å². The Hall–Kier alpha value is -2.41. The number of aromatic nitrogens is 1. The Morgan fingerprint density at radius 2 is 2.10 bits per heavy atom. The number of hydrogen-bond acceptors (Lipinski definition) is 5. The third kappa shape index (κ3) is 2.77. The van der Waals surface area contributed by atoms with Crippen molar-refractivity contribution in [1.82, 2.24) is 4.98 Å². The molecule has 104 valence electrons. The second-order valence-corrected chi connectivity index (χ2v) is 4.20. The lowest BCUT2D eigenvalue weighted by atomic mass is 10.3. The number of anilines is 3. The standard InChI is InChI=1S/C12H10ClFN4O2/c1-15-10-6-5-9(18(19)20)12(16-10)17-11-7(13)3-2-4-8(11)14/h2-6H,1H3,(H2,15,16,17). The molecule has 8 heteroatoms. The molecule has 0 radical (unpaired) electrons. The topological polar surface area (TPSA) is 80.1 Å². The number of para-hydroxylation sites is 1. The van der Waals surface area contributed by atoms with Crippen molar-refractivity contribution in [2.24, 2.45) is 0 Å². The normalized spacial score (nSPS) is 10.2. The van der Waals surface area contributed by atoms with Gasteiger partial charge in [-0.25, -0.2) is 9.37 Å². The van der Waals surface area contributed by atoms with Gasteiger partial charge in [0.1, 0.15) is 11.6 Å². The molecule has 1 aromatic heterocycles. The molecule has 2 aromatic rings. The fourth-order valence-corrected chi connectivity index (χ4v) is 1.78. The number of nitrogens with zero attached hydrogens (tertiary/aromatic N) is 2. The van der Waals surface area contributed by atoms with Gasteiger partial charge >= 0.3 is 5.69 Å². The molecule has 0 amide bonds. The molecule has 2 rings (SSSR count). The van der Waals surface area contributed by atoms with E-state index in [-0.39, 0.29) is 22.2 Å². The Balaban J connectivity index is 2.49. The summed E-state index contributed by atoms with van der Waals surface area (Å²) in [5.41, 5.74) is -0.332. The first-order valence-electron chi connectivity index (χ1n) is 5.57. The summed E-state index contributed by atoms with van der Waals surface area (Å²) in [6, 6.07) is 6.83. The first-order chi connectivity index (χ1) is 9.52. The van der Waals surface area contributed by atoms with E-state index in [1.165, 1.54) is 30.3 Å². The lowest BCUT2D eigenvalue weighted by Gasteiger charge is -2.10. The smallest absolute Gasteiger partial charge is 0.311 e. The van der Waals surface area contributed by atoms with Crippen LogP contribution in [0.4, 0.5) is 27.4 Å². The zero-order valence-corrected chi connectivity index (χ0v) is 11.1. The van der Waals surface area contributed by atoms with Gasteiger partial charge in [0.25, 0.3) is 0 Å². The highest BCUT2D eigenvalue weighted by Gasteiger charge is 2.18. The lowest BCUT2D eigenvalue weighted by Crippen LogP contribution is -2.03. The van der Waals surface area contributed by atoms with Crippen molar-refractivity contribution in [1.29, 1.82) is 0 Å². The molecular weight excluding hydrogens is 287 g/mol. The van der Waals surface area contributed by atoms with Crippen molar-refractivity contribution in [3.8, 4) is 0 Å². The van der Waals surface area contributed by atoms with Crippen LogP contribution in [0.2, 0.25) is 5.02 Å². The first kappa shape index (κ1) is 14.0. The maximum absolute atomic E-state index is 13.7. The van der Waals surface area contributed by atoms with Crippen LogP contribution in [0, 0.1) is 15.9 Å². The molecule has 0 fully saturated rings. The number of hydrogen-bond donors (Lipinski definition) is 2. The number of benzene rings is 1. The van der Waals surface area contributed by atoms with Crippen LogP contribution in [0.1, 0.15) is 0 Å². The molecule has 2 N–H and O–H groups in total. The van der Waals surface area contributed by atoms with Crippen LogP contribution in [0.25, 0.3) is 0 Å². The quantitative estimate of drug-likeness (QED) is 0.666. The number of nitrogens with one attached hydrogen (secondary N) is 2. The summed E-state index contributed by atoms with van der Waals surface area (Å²) < 4.78 is 13.7. The van der Waals surface area contributed by atoms with Gasteiger partial charge in [0.15, 0.2) is 0 Å². The molecule has 20 heavy (non-hydrogen) atoms. The van der Waals surface area contributed by atoms with Crippen molar-refractivity contribution in [2.75, 3.05) is 17.7 Å². The van der Waals surface area contributed by atoms with Crippen LogP contribution >= 0.6 is 11.6 Å². The van der Waals surface area contributed by atoms with E-state index in [1.807, 2.05) is 0 Å². The van der Waals surface area contributed by atoms with Crippen molar-refractivity contribution in [3.63, 3.8) is 0 Å². The Morgan fingerprint density at radius 1 is 1.35 bits per heavy atom. The van der Waals surface area contributed by atoms with Gasteiger partial charge in [-0.1, -0.05) is 17.7 Å². The average Bonchev–Trinajstić information content (AvgIpc) is 2.42. The largest absolute Gasteiger partial charge is 0.373 e. The van der Waals surface area contributed by atoms with Gasteiger partial charge in [-0.3, -0.25) is 10.1 Å². The summed E-state index contributed by atoms with van der Waals surface area (Å²) >= 11 is 5.87. The van der Waals surface area contributed by atoms with E-state index in [0.717, 1.165) is 0 Å². The molecule has 1 heterocycles. The molecule has 0 saturated heterocycles. The van der Waals surface area contributed by atoms with Crippen molar-refractivity contribution >= 4 is 34.6 Å². The van der Waals surface area contributed by atoms with Gasteiger partial charge in [-0.15, -0.1) is 0 Å². The summed E-state index contributed by atoms with van der Waals surface area (Å²) in [6.07, 6.45) is 0. The van der Waals surface area contributed by atoms with Gasteiger partial charge in [0.05, 0.1) is 15.6 Å². The second-order valence-electron chi connectivity index (χ2n) is 3.79. The highest BCUT2D eigenvalue weighted by Crippen LogP contribution is 2.32. The predicted octanol–water partition coefficient (Wildman–Crippen LogP) is 3.57. The molecule has 0 aliphatic carbocycles. The van der Waals surface area contributed by atoms with Crippen molar-refractivity contribution in [2.45, 2.75) is 0 Å². The zero-order valence-electron chi connectivity index (χ0n) is 10.4. The Labute approximate surface area is 118 Å². The van der Waals surface area contributed by atoms with Crippen LogP contribution in [-0.4, -0.2) is 17.0 Å². The SMILES string of the molecule is CNc1ccc([N+](=O)[O-])c(Nc2c(F)cccc2Cl)n1. The van der Waals surface area contributed by atoms with E-state index in [0.29, 0.717) is 5.82 Å². The van der Waals surface area contributed by atoms with Gasteiger partial charge in [0, 0.05) is 13.1 Å². The van der Waals surface area contributed by atoms with Crippen molar-refractivity contribution in [3.05, 3.63) is 51.3 Å². The van der Waals surface area contributed by atoms with Crippen LogP contribution in [-0.2, 0) is 0 Å². The number of rotatable bonds is 4. The van der Waals surface area contributed by atoms with E-state index in [4.69, 9.17) is 11.6 Å². The minimum atomic E-state index is -0.622. The van der Waals surface area contributed by atoms with E-state index >= 15 is 0 Å². The molecule has 6 nitrogen and oxygen atoms in total. The lowest BCUT2D eigenvalue weighted by molar-refractivity contribution is -0.384. The maximum atomic E-state index is 13.7. The molecule has 1 aromatic carbocycles. The van der Waals surface area contributed by atoms with Crippen LogP contribution in [0.3, 0.4) is 0 Å². The fourth-order valence-electron chi connectivity index (χ4n) is 1.57. The van der Waals surface area contributed by atoms with Crippen LogP contribution < -0.4 is 10.6 Å². The molecule has 0 saturated carbocycles. The van der Waals surface area contributed by atoms with Gasteiger partial charge < -0.3 is 10.6 Å². The summed E-state index contributed by atoms with van der Waals surface area (Å²) in [4.78, 5) is 14.4. The van der Waals surface area contributed by atoms with Gasteiger partial charge in [-0.2, -0.15) is 0 Å². The van der Waals surface area contributed by atoms with Crippen LogP contribution in [0.5, 0.6) is 0 Å². The number of pyridine rings is 1. The Kier molecular flexibility index (Phi) is 3.99. The van der Waals surface area contributed by atoms with Gasteiger partial charge in [-0.05, 0) is 18.2 Å². The maximum Gasteiger partial charge on any atom is 0.311 e. The summed E-state index contributed by atoms with van der Waals surface area (Å²) in [5.74, 6) is -0.303. The van der Waals surface area contributed by atoms with Crippen molar-refractivity contribution < 1.29 is 9.31 Å². The summed E-state index contributed by atoms with van der Waals surface area (Å²) in [6.45, 7) is 0. The van der Waals surface area contributed by atoms with E-state index in [2.05, 4.69) is 15.6 Å². The third-order valence-electron chi connectivity index (χ3n) is 2.53. The predicted molar refractivity (Wildman–Crippen MR) is 75.1 cm³/mol. The van der Waals surface area contributed by atoms with Gasteiger partial charge in [0.2, 0.25) is 5.82 Å². The summed E-state index contributed by atoms with van der Waals surface area (Å²) in [7, 11) is 1.62. The molecule has 0 aliphatic heterocycles. The van der Waals surface area contributed by atoms with Crippen LogP contribution in [0.15, 0.2) is 30.3 Å². The first-order valence-corrected chi connectivity index (χ1v) is 5.95. The molecule has 0 aliphatic rings. The monoisotopic (exact) mass is 296 g/mol. The second kappa shape index (κ2) is 5.70. The fraction of sp³-hybridized carbons (Fsp3) is 0.0833. The highest BCUT2D eigenvalue weighted by atomic mass is 35.5. The molecule has 0 unspecified atom stereocenters. The average molecular weight is 297 g/mol. The number of nitro groups is 1.